The van der Waals surface area contributed by atoms with Crippen LogP contribution in [-0.2, 0) is 0 Å². The monoisotopic (exact) mass is 344 g/mol. The van der Waals surface area contributed by atoms with Crippen LogP contribution in [0.5, 0.6) is 0 Å². The molecule has 0 bridgehead atoms. The van der Waals surface area contributed by atoms with Crippen molar-refractivity contribution in [1.82, 2.24) is 0 Å². The minimum atomic E-state index is 0.196. The van der Waals surface area contributed by atoms with Crippen molar-refractivity contribution in [3.05, 3.63) is 12.2 Å². The molecule has 0 amide bonds. The molecule has 0 aliphatic heterocycles. The Kier molecular flexibility index (Phi) is 4.84. The van der Waals surface area contributed by atoms with E-state index in [0.717, 1.165) is 29.6 Å². The number of hydrogen-bond acceptors (Lipinski definition) is 1. The molecule has 0 heterocycles. The lowest BCUT2D eigenvalue weighted by molar-refractivity contribution is -0.112. The molecule has 25 heavy (non-hydrogen) atoms. The molecular weight excluding hydrogens is 304 g/mol. The summed E-state index contributed by atoms with van der Waals surface area (Å²) >= 11 is 0. The molecule has 7 unspecified atom stereocenters. The van der Waals surface area contributed by atoms with Gasteiger partial charge in [0.15, 0.2) is 0 Å². The first kappa shape index (κ1) is 18.1. The van der Waals surface area contributed by atoms with Crippen molar-refractivity contribution in [2.24, 2.45) is 46.3 Å². The zero-order chi connectivity index (χ0) is 17.7. The third-order valence-corrected chi connectivity index (χ3v) is 9.84. The van der Waals surface area contributed by atoms with E-state index in [1.165, 1.54) is 64.2 Å². The van der Waals surface area contributed by atoms with E-state index in [9.17, 15) is 0 Å². The first-order chi connectivity index (χ1) is 12.0. The average molecular weight is 345 g/mol. The smallest absolute Gasteiger partial charge is 0.0612 e. The molecule has 4 aliphatic carbocycles. The van der Waals surface area contributed by atoms with Gasteiger partial charge in [0.2, 0.25) is 0 Å². The number of aliphatic hydroxyl groups excluding tert-OH is 1. The van der Waals surface area contributed by atoms with Gasteiger partial charge in [-0.05, 0) is 97.7 Å². The van der Waals surface area contributed by atoms with Gasteiger partial charge in [-0.3, -0.25) is 0 Å². The van der Waals surface area contributed by atoms with Crippen LogP contribution in [0.2, 0.25) is 0 Å². The summed E-state index contributed by atoms with van der Waals surface area (Å²) in [6.07, 6.45) is 19.2. The van der Waals surface area contributed by atoms with Gasteiger partial charge in [-0.25, -0.2) is 0 Å². The number of aliphatic hydroxyl groups is 1. The largest absolute Gasteiger partial charge is 0.392 e. The van der Waals surface area contributed by atoms with Crippen molar-refractivity contribution >= 4 is 0 Å². The van der Waals surface area contributed by atoms with Gasteiger partial charge in [-0.15, -0.1) is 0 Å². The van der Waals surface area contributed by atoms with E-state index >= 15 is 0 Å². The number of rotatable bonds is 3. The molecular formula is C24H40O. The fraction of sp³-hybridized carbons (Fsp3) is 0.917. The number of fused-ring (bicyclic) bond motifs is 5. The second-order valence-electron chi connectivity index (χ2n) is 10.6. The van der Waals surface area contributed by atoms with Crippen LogP contribution in [0.15, 0.2) is 12.2 Å². The van der Waals surface area contributed by atoms with Crippen molar-refractivity contribution < 1.29 is 5.11 Å². The Labute approximate surface area is 155 Å². The van der Waals surface area contributed by atoms with Crippen LogP contribution in [0.4, 0.5) is 0 Å². The molecule has 1 heteroatoms. The first-order valence-electron chi connectivity index (χ1n) is 11.3. The molecule has 0 spiro atoms. The summed E-state index contributed by atoms with van der Waals surface area (Å²) in [5.74, 6) is 5.50. The van der Waals surface area contributed by atoms with E-state index in [1.807, 2.05) is 6.08 Å². The third kappa shape index (κ3) is 2.75. The normalized spacial score (nSPS) is 51.0. The fourth-order valence-corrected chi connectivity index (χ4v) is 8.61. The Balaban J connectivity index is 1.56. The second kappa shape index (κ2) is 6.70. The summed E-state index contributed by atoms with van der Waals surface area (Å²) in [5, 5.41) is 9.16. The van der Waals surface area contributed by atoms with Crippen LogP contribution in [0, 0.1) is 46.3 Å². The SMILES string of the molecule is C[C@H](/C=C/CO)C1CCC2C3CCC4CCCCC4(C)C3CCC21C. The van der Waals surface area contributed by atoms with E-state index in [0.29, 0.717) is 16.7 Å². The number of hydrogen-bond donors (Lipinski definition) is 1. The minimum Gasteiger partial charge on any atom is -0.392 e. The highest BCUT2D eigenvalue weighted by atomic mass is 16.2. The third-order valence-electron chi connectivity index (χ3n) is 9.84. The highest BCUT2D eigenvalue weighted by Gasteiger charge is 2.59. The summed E-state index contributed by atoms with van der Waals surface area (Å²) < 4.78 is 0. The summed E-state index contributed by atoms with van der Waals surface area (Å²) in [4.78, 5) is 0. The van der Waals surface area contributed by atoms with Gasteiger partial charge in [0.05, 0.1) is 6.61 Å². The molecule has 142 valence electrons. The van der Waals surface area contributed by atoms with E-state index in [4.69, 9.17) is 5.11 Å². The summed E-state index contributed by atoms with van der Waals surface area (Å²) in [7, 11) is 0. The maximum atomic E-state index is 9.16. The summed E-state index contributed by atoms with van der Waals surface area (Å²) in [6, 6.07) is 0. The lowest BCUT2D eigenvalue weighted by atomic mass is 9.44. The predicted octanol–water partition coefficient (Wildman–Crippen LogP) is 6.22. The van der Waals surface area contributed by atoms with Crippen molar-refractivity contribution in [2.45, 2.75) is 85.0 Å². The highest BCUT2D eigenvalue weighted by molar-refractivity contribution is 5.10. The quantitative estimate of drug-likeness (QED) is 0.603. The van der Waals surface area contributed by atoms with Crippen LogP contribution in [-0.4, -0.2) is 11.7 Å². The number of allylic oxidation sites excluding steroid dienone is 1. The van der Waals surface area contributed by atoms with Crippen molar-refractivity contribution in [1.29, 1.82) is 0 Å². The Hall–Kier alpha value is -0.300. The molecule has 4 rings (SSSR count). The van der Waals surface area contributed by atoms with Crippen LogP contribution in [0.1, 0.15) is 85.0 Å². The van der Waals surface area contributed by atoms with E-state index in [2.05, 4.69) is 26.8 Å². The van der Waals surface area contributed by atoms with Crippen LogP contribution in [0.3, 0.4) is 0 Å². The Morgan fingerprint density at radius 1 is 0.920 bits per heavy atom. The van der Waals surface area contributed by atoms with Crippen molar-refractivity contribution in [3.63, 3.8) is 0 Å². The van der Waals surface area contributed by atoms with E-state index in [1.54, 1.807) is 0 Å². The summed E-state index contributed by atoms with van der Waals surface area (Å²) in [6.45, 7) is 7.93. The van der Waals surface area contributed by atoms with E-state index < -0.39 is 0 Å². The molecule has 0 aromatic heterocycles. The lowest BCUT2D eigenvalue weighted by Gasteiger charge is -2.60. The Morgan fingerprint density at radius 2 is 1.72 bits per heavy atom. The molecule has 4 aliphatic rings. The van der Waals surface area contributed by atoms with Crippen molar-refractivity contribution in [3.8, 4) is 0 Å². The van der Waals surface area contributed by atoms with Crippen LogP contribution < -0.4 is 0 Å². The van der Waals surface area contributed by atoms with Crippen LogP contribution in [0.25, 0.3) is 0 Å². The molecule has 8 atom stereocenters. The first-order valence-corrected chi connectivity index (χ1v) is 11.3. The maximum absolute atomic E-state index is 9.16. The Bertz CT molecular complexity index is 510. The van der Waals surface area contributed by atoms with E-state index in [-0.39, 0.29) is 6.61 Å². The molecule has 0 saturated heterocycles. The van der Waals surface area contributed by atoms with Gasteiger partial charge < -0.3 is 5.11 Å². The summed E-state index contributed by atoms with van der Waals surface area (Å²) in [5.41, 5.74) is 1.22. The minimum absolute atomic E-state index is 0.196. The topological polar surface area (TPSA) is 20.2 Å². The highest BCUT2D eigenvalue weighted by Crippen LogP contribution is 2.68. The van der Waals surface area contributed by atoms with Crippen molar-refractivity contribution in [2.75, 3.05) is 6.61 Å². The molecule has 0 radical (unpaired) electrons. The predicted molar refractivity (Wildman–Crippen MR) is 105 cm³/mol. The zero-order valence-electron chi connectivity index (χ0n) is 16.8. The standard InChI is InChI=1S/C24H40O/c1-17(7-6-16-25)20-11-12-21-19-10-9-18-8-4-5-14-23(18,2)22(19)13-15-24(20,21)3/h6-7,17-22,25H,4-5,8-16H2,1-3H3/b7-6+/t17-,18?,19?,20?,21?,22?,23?,24?/m1/s1. The molecule has 4 fully saturated rings. The average Bonchev–Trinajstić information content (AvgIpc) is 2.96. The molecule has 1 nitrogen and oxygen atoms in total. The van der Waals surface area contributed by atoms with Gasteiger partial charge in [0.25, 0.3) is 0 Å². The second-order valence-corrected chi connectivity index (χ2v) is 10.6. The van der Waals surface area contributed by atoms with Gasteiger partial charge in [-0.2, -0.15) is 0 Å². The molecule has 0 aromatic rings. The van der Waals surface area contributed by atoms with Gasteiger partial charge >= 0.3 is 0 Å². The van der Waals surface area contributed by atoms with Crippen LogP contribution >= 0.6 is 0 Å². The van der Waals surface area contributed by atoms with Gasteiger partial charge in [-0.1, -0.05) is 45.8 Å². The maximum Gasteiger partial charge on any atom is 0.0612 e. The zero-order valence-corrected chi connectivity index (χ0v) is 16.8. The molecule has 4 saturated carbocycles. The lowest BCUT2D eigenvalue weighted by Crippen LogP contribution is -2.53. The van der Waals surface area contributed by atoms with Gasteiger partial charge in [0.1, 0.15) is 0 Å². The Morgan fingerprint density at radius 3 is 2.52 bits per heavy atom. The van der Waals surface area contributed by atoms with Gasteiger partial charge in [0, 0.05) is 0 Å². The fourth-order valence-electron chi connectivity index (χ4n) is 8.61. The molecule has 0 aromatic carbocycles. The molecule has 1 N–H and O–H groups in total.